The normalized spacial score (nSPS) is 10.9. The van der Waals surface area contributed by atoms with Crippen molar-refractivity contribution in [2.75, 3.05) is 11.1 Å². The number of nitrogens with zero attached hydrogens (tertiary/aromatic N) is 2. The van der Waals surface area contributed by atoms with Crippen LogP contribution in [0.15, 0.2) is 66.7 Å². The van der Waals surface area contributed by atoms with E-state index in [0.717, 1.165) is 16.5 Å². The fourth-order valence-electron chi connectivity index (χ4n) is 2.97. The number of halogens is 2. The molecule has 0 saturated heterocycles. The van der Waals surface area contributed by atoms with Crippen molar-refractivity contribution in [1.82, 2.24) is 9.97 Å². The van der Waals surface area contributed by atoms with Crippen LogP contribution in [-0.4, -0.2) is 9.97 Å². The second kappa shape index (κ2) is 6.99. The molecule has 0 fully saturated rings. The van der Waals surface area contributed by atoms with Gasteiger partial charge < -0.3 is 11.1 Å². The lowest BCUT2D eigenvalue weighted by molar-refractivity contribution is 0.627. The van der Waals surface area contributed by atoms with Crippen molar-refractivity contribution in [3.8, 4) is 0 Å². The maximum Gasteiger partial charge on any atom is 0.229 e. The van der Waals surface area contributed by atoms with Gasteiger partial charge in [0.25, 0.3) is 0 Å². The molecule has 6 heteroatoms. The molecule has 4 rings (SSSR count). The minimum absolute atomic E-state index is 0.268. The number of nitrogens with one attached hydrogen (secondary N) is 1. The first-order valence-electron chi connectivity index (χ1n) is 8.40. The highest BCUT2D eigenvalue weighted by Gasteiger charge is 2.11. The Morgan fingerprint density at radius 2 is 1.48 bits per heavy atom. The third kappa shape index (κ3) is 3.69. The first-order chi connectivity index (χ1) is 13.1. The van der Waals surface area contributed by atoms with Crippen molar-refractivity contribution in [2.24, 2.45) is 0 Å². The van der Waals surface area contributed by atoms with Crippen LogP contribution in [0.25, 0.3) is 10.9 Å². The van der Waals surface area contributed by atoms with E-state index in [-0.39, 0.29) is 11.6 Å². The van der Waals surface area contributed by atoms with Crippen LogP contribution in [0.4, 0.5) is 26.2 Å². The second-order valence-corrected chi connectivity index (χ2v) is 6.18. The van der Waals surface area contributed by atoms with Gasteiger partial charge in [0.15, 0.2) is 0 Å². The lowest BCUT2D eigenvalue weighted by atomic mass is 10.0. The van der Waals surface area contributed by atoms with Gasteiger partial charge >= 0.3 is 0 Å². The molecule has 0 amide bonds. The molecule has 0 bridgehead atoms. The second-order valence-electron chi connectivity index (χ2n) is 6.18. The van der Waals surface area contributed by atoms with E-state index in [1.807, 2.05) is 18.2 Å². The zero-order chi connectivity index (χ0) is 18.8. The number of rotatable bonds is 4. The van der Waals surface area contributed by atoms with E-state index in [2.05, 4.69) is 15.3 Å². The fourth-order valence-corrected chi connectivity index (χ4v) is 2.97. The van der Waals surface area contributed by atoms with Gasteiger partial charge in [-0.25, -0.2) is 13.8 Å². The predicted molar refractivity (Wildman–Crippen MR) is 103 cm³/mol. The molecule has 1 heterocycles. The van der Waals surface area contributed by atoms with Crippen LogP contribution >= 0.6 is 0 Å². The van der Waals surface area contributed by atoms with E-state index in [1.54, 1.807) is 24.3 Å². The number of aromatic nitrogens is 2. The molecule has 4 nitrogen and oxygen atoms in total. The molecule has 0 spiro atoms. The summed E-state index contributed by atoms with van der Waals surface area (Å²) in [7, 11) is 0. The molecule has 3 aromatic carbocycles. The number of benzene rings is 3. The van der Waals surface area contributed by atoms with Crippen LogP contribution in [0.2, 0.25) is 0 Å². The highest BCUT2D eigenvalue weighted by atomic mass is 19.1. The van der Waals surface area contributed by atoms with Crippen LogP contribution in [-0.2, 0) is 6.42 Å². The highest BCUT2D eigenvalue weighted by molar-refractivity contribution is 5.92. The Balaban J connectivity index is 1.69. The topological polar surface area (TPSA) is 63.8 Å². The minimum atomic E-state index is -0.315. The van der Waals surface area contributed by atoms with Crippen LogP contribution in [0, 0.1) is 11.6 Å². The number of hydrogen-bond donors (Lipinski definition) is 2. The lowest BCUT2D eigenvalue weighted by Gasteiger charge is -2.11. The van der Waals surface area contributed by atoms with Crippen molar-refractivity contribution >= 4 is 28.4 Å². The summed E-state index contributed by atoms with van der Waals surface area (Å²) in [4.78, 5) is 8.85. The van der Waals surface area contributed by atoms with E-state index < -0.39 is 0 Å². The Labute approximate surface area is 154 Å². The zero-order valence-corrected chi connectivity index (χ0v) is 14.3. The van der Waals surface area contributed by atoms with Gasteiger partial charge in [-0.1, -0.05) is 24.3 Å². The summed E-state index contributed by atoms with van der Waals surface area (Å²) in [5, 5.41) is 3.80. The Morgan fingerprint density at radius 1 is 0.815 bits per heavy atom. The molecule has 0 aliphatic rings. The third-order valence-corrected chi connectivity index (χ3v) is 4.25. The molecule has 0 unspecified atom stereocenters. The molecule has 0 atom stereocenters. The van der Waals surface area contributed by atoms with Crippen molar-refractivity contribution < 1.29 is 8.78 Å². The van der Waals surface area contributed by atoms with Crippen molar-refractivity contribution in [3.05, 3.63) is 89.5 Å². The van der Waals surface area contributed by atoms with Crippen molar-refractivity contribution in [2.45, 2.75) is 6.42 Å². The molecule has 134 valence electrons. The van der Waals surface area contributed by atoms with Gasteiger partial charge in [-0.05, 0) is 60.0 Å². The number of nitrogens with two attached hydrogens (primary N) is 1. The molecule has 0 radical (unpaired) electrons. The first-order valence-corrected chi connectivity index (χ1v) is 8.40. The maximum absolute atomic E-state index is 13.1. The Kier molecular flexibility index (Phi) is 4.38. The number of nitrogen functional groups attached to an aromatic ring is 1. The number of fused-ring (bicyclic) bond motifs is 1. The third-order valence-electron chi connectivity index (χ3n) is 4.25. The smallest absolute Gasteiger partial charge is 0.229 e. The van der Waals surface area contributed by atoms with Gasteiger partial charge in [0.05, 0.1) is 5.52 Å². The summed E-state index contributed by atoms with van der Waals surface area (Å²) < 4.78 is 26.2. The average Bonchev–Trinajstić information content (AvgIpc) is 2.65. The SMILES string of the molecule is Nc1nc(Nc2ccc(F)cc2)nc2cccc(Cc3ccc(F)cc3)c12. The Morgan fingerprint density at radius 3 is 2.19 bits per heavy atom. The minimum Gasteiger partial charge on any atom is -0.383 e. The first kappa shape index (κ1) is 16.9. The van der Waals surface area contributed by atoms with Gasteiger partial charge in [-0.3, -0.25) is 0 Å². The van der Waals surface area contributed by atoms with Crippen LogP contribution in [0.1, 0.15) is 11.1 Å². The lowest BCUT2D eigenvalue weighted by Crippen LogP contribution is -2.03. The van der Waals surface area contributed by atoms with E-state index in [0.29, 0.717) is 29.4 Å². The van der Waals surface area contributed by atoms with Crippen LogP contribution in [0.5, 0.6) is 0 Å². The molecular formula is C21H16F2N4. The summed E-state index contributed by atoms with van der Waals surface area (Å²) in [6, 6.07) is 18.0. The quantitative estimate of drug-likeness (QED) is 0.546. The van der Waals surface area contributed by atoms with E-state index in [1.165, 1.54) is 24.3 Å². The molecular weight excluding hydrogens is 346 g/mol. The molecule has 4 aromatic rings. The van der Waals surface area contributed by atoms with Gasteiger partial charge in [-0.15, -0.1) is 0 Å². The van der Waals surface area contributed by atoms with Crippen LogP contribution < -0.4 is 11.1 Å². The van der Waals surface area contributed by atoms with Gasteiger partial charge in [0, 0.05) is 11.1 Å². The van der Waals surface area contributed by atoms with Crippen molar-refractivity contribution in [1.29, 1.82) is 0 Å². The molecule has 3 N–H and O–H groups in total. The highest BCUT2D eigenvalue weighted by Crippen LogP contribution is 2.27. The van der Waals surface area contributed by atoms with Crippen molar-refractivity contribution in [3.63, 3.8) is 0 Å². The fraction of sp³-hybridized carbons (Fsp3) is 0.0476. The Bertz CT molecular complexity index is 1090. The van der Waals surface area contributed by atoms with E-state index >= 15 is 0 Å². The Hall–Kier alpha value is -3.54. The summed E-state index contributed by atoms with van der Waals surface area (Å²) in [6.45, 7) is 0. The van der Waals surface area contributed by atoms with Gasteiger partial charge in [0.1, 0.15) is 17.5 Å². The molecule has 0 aliphatic carbocycles. The van der Waals surface area contributed by atoms with E-state index in [4.69, 9.17) is 5.73 Å². The summed E-state index contributed by atoms with van der Waals surface area (Å²) >= 11 is 0. The van der Waals surface area contributed by atoms with E-state index in [9.17, 15) is 8.78 Å². The maximum atomic E-state index is 13.1. The summed E-state index contributed by atoms with van der Waals surface area (Å²) in [5.74, 6) is 0.105. The molecule has 1 aromatic heterocycles. The number of hydrogen-bond acceptors (Lipinski definition) is 4. The average molecular weight is 362 g/mol. The summed E-state index contributed by atoms with van der Waals surface area (Å²) in [5.41, 5.74) is 9.50. The summed E-state index contributed by atoms with van der Waals surface area (Å²) in [6.07, 6.45) is 0.593. The molecule has 0 saturated carbocycles. The molecule has 27 heavy (non-hydrogen) atoms. The predicted octanol–water partition coefficient (Wildman–Crippen LogP) is 4.82. The number of anilines is 3. The molecule has 0 aliphatic heterocycles. The van der Waals surface area contributed by atoms with Gasteiger partial charge in [0.2, 0.25) is 5.95 Å². The largest absolute Gasteiger partial charge is 0.383 e. The zero-order valence-electron chi connectivity index (χ0n) is 14.3. The van der Waals surface area contributed by atoms with Gasteiger partial charge in [-0.2, -0.15) is 4.98 Å². The monoisotopic (exact) mass is 362 g/mol. The standard InChI is InChI=1S/C21H16F2N4/c22-15-6-4-13(5-7-15)12-14-2-1-3-18-19(14)20(24)27-21(26-18)25-17-10-8-16(23)9-11-17/h1-11H,12H2,(H3,24,25,26,27). The van der Waals surface area contributed by atoms with Crippen LogP contribution in [0.3, 0.4) is 0 Å².